The van der Waals surface area contributed by atoms with Gasteiger partial charge in [-0.15, -0.1) is 0 Å². The SMILES string of the molecule is CC(=O)NCC1CC12CCN(CCCN1CCN(C)CC1)CC2. The molecule has 3 fully saturated rings. The predicted molar refractivity (Wildman–Crippen MR) is 93.5 cm³/mol. The van der Waals surface area contributed by atoms with Crippen LogP contribution in [0.1, 0.15) is 32.6 Å². The summed E-state index contributed by atoms with van der Waals surface area (Å²) in [5.74, 6) is 0.868. The molecule has 0 radical (unpaired) electrons. The van der Waals surface area contributed by atoms with Crippen LogP contribution in [0.3, 0.4) is 0 Å². The van der Waals surface area contributed by atoms with Crippen molar-refractivity contribution in [1.29, 1.82) is 0 Å². The summed E-state index contributed by atoms with van der Waals surface area (Å²) >= 11 is 0. The summed E-state index contributed by atoms with van der Waals surface area (Å²) in [5.41, 5.74) is 0.580. The predicted octanol–water partition coefficient (Wildman–Crippen LogP) is 0.862. The molecule has 5 heteroatoms. The first-order valence-corrected chi connectivity index (χ1v) is 9.45. The minimum atomic E-state index is 0.119. The lowest BCUT2D eigenvalue weighted by molar-refractivity contribution is -0.119. The molecule has 0 aromatic heterocycles. The van der Waals surface area contributed by atoms with E-state index in [2.05, 4.69) is 27.1 Å². The average molecular weight is 322 g/mol. The molecule has 2 saturated heterocycles. The van der Waals surface area contributed by atoms with Gasteiger partial charge in [0.1, 0.15) is 0 Å². The lowest BCUT2D eigenvalue weighted by Gasteiger charge is -2.35. The van der Waals surface area contributed by atoms with Crippen molar-refractivity contribution < 1.29 is 4.79 Å². The lowest BCUT2D eigenvalue weighted by atomic mass is 9.90. The van der Waals surface area contributed by atoms with Crippen molar-refractivity contribution in [1.82, 2.24) is 20.0 Å². The van der Waals surface area contributed by atoms with Crippen LogP contribution in [0.4, 0.5) is 0 Å². The molecule has 1 spiro atoms. The van der Waals surface area contributed by atoms with Crippen LogP contribution < -0.4 is 5.32 Å². The molecule has 1 unspecified atom stereocenters. The topological polar surface area (TPSA) is 38.8 Å². The largest absolute Gasteiger partial charge is 0.356 e. The van der Waals surface area contributed by atoms with Crippen molar-refractivity contribution >= 4 is 5.91 Å². The first-order chi connectivity index (χ1) is 11.1. The number of nitrogens with one attached hydrogen (secondary N) is 1. The number of piperazine rings is 1. The van der Waals surface area contributed by atoms with Crippen molar-refractivity contribution in [2.45, 2.75) is 32.6 Å². The third-order valence-electron chi connectivity index (χ3n) is 6.35. The minimum absolute atomic E-state index is 0.119. The zero-order chi connectivity index (χ0) is 16.3. The number of hydrogen-bond donors (Lipinski definition) is 1. The summed E-state index contributed by atoms with van der Waals surface area (Å²) in [6.45, 7) is 12.5. The smallest absolute Gasteiger partial charge is 0.216 e. The van der Waals surface area contributed by atoms with Crippen molar-refractivity contribution in [3.05, 3.63) is 0 Å². The third kappa shape index (κ3) is 4.68. The molecule has 1 aliphatic carbocycles. The summed E-state index contributed by atoms with van der Waals surface area (Å²) in [6.07, 6.45) is 5.33. The van der Waals surface area contributed by atoms with Crippen LogP contribution in [0, 0.1) is 11.3 Å². The normalized spacial score (nSPS) is 28.9. The molecule has 2 heterocycles. The highest BCUT2D eigenvalue weighted by molar-refractivity contribution is 5.72. The summed E-state index contributed by atoms with van der Waals surface area (Å²) in [5, 5.41) is 3.00. The average Bonchev–Trinajstić information content (AvgIpc) is 3.22. The highest BCUT2D eigenvalue weighted by Gasteiger charge is 2.54. The molecule has 23 heavy (non-hydrogen) atoms. The minimum Gasteiger partial charge on any atom is -0.356 e. The van der Waals surface area contributed by atoms with Gasteiger partial charge in [0, 0.05) is 39.6 Å². The number of carbonyl (C=O) groups excluding carboxylic acids is 1. The standard InChI is InChI=1S/C18H34N4O/c1-16(23)19-15-17-14-18(17)4-8-21(9-5-18)6-3-7-22-12-10-20(2)11-13-22/h17H,3-15H2,1-2H3,(H,19,23). The molecule has 0 aromatic carbocycles. The van der Waals surface area contributed by atoms with Crippen LogP contribution in [-0.2, 0) is 4.79 Å². The van der Waals surface area contributed by atoms with Gasteiger partial charge in [-0.3, -0.25) is 4.79 Å². The number of piperidine rings is 1. The zero-order valence-electron chi connectivity index (χ0n) is 15.0. The monoisotopic (exact) mass is 322 g/mol. The summed E-state index contributed by atoms with van der Waals surface area (Å²) < 4.78 is 0. The Bertz CT molecular complexity index is 398. The van der Waals surface area contributed by atoms with Gasteiger partial charge in [-0.2, -0.15) is 0 Å². The zero-order valence-corrected chi connectivity index (χ0v) is 15.0. The molecule has 5 nitrogen and oxygen atoms in total. The molecule has 0 aromatic rings. The second kappa shape index (κ2) is 7.49. The van der Waals surface area contributed by atoms with E-state index in [0.29, 0.717) is 5.41 Å². The van der Waals surface area contributed by atoms with Crippen molar-refractivity contribution in [3.8, 4) is 0 Å². The van der Waals surface area contributed by atoms with Gasteiger partial charge < -0.3 is 20.0 Å². The second-order valence-corrected chi connectivity index (χ2v) is 8.04. The molecular weight excluding hydrogens is 288 g/mol. The Morgan fingerprint density at radius 3 is 2.26 bits per heavy atom. The first kappa shape index (κ1) is 17.2. The number of nitrogens with zero attached hydrogens (tertiary/aromatic N) is 3. The molecule has 1 amide bonds. The van der Waals surface area contributed by atoms with Gasteiger partial charge in [0.25, 0.3) is 0 Å². The van der Waals surface area contributed by atoms with Crippen molar-refractivity contribution in [2.75, 3.05) is 66.0 Å². The molecule has 0 bridgehead atoms. The maximum atomic E-state index is 11.0. The Balaban J connectivity index is 1.28. The van der Waals surface area contributed by atoms with Crippen LogP contribution in [0.25, 0.3) is 0 Å². The molecule has 1 N–H and O–H groups in total. The van der Waals surface area contributed by atoms with Gasteiger partial charge in [0.2, 0.25) is 5.91 Å². The van der Waals surface area contributed by atoms with Crippen molar-refractivity contribution in [3.63, 3.8) is 0 Å². The van der Waals surface area contributed by atoms with Crippen LogP contribution in [0.15, 0.2) is 0 Å². The van der Waals surface area contributed by atoms with E-state index in [9.17, 15) is 4.79 Å². The number of likely N-dealkylation sites (N-methyl/N-ethyl adjacent to an activating group) is 1. The number of rotatable bonds is 6. The van der Waals surface area contributed by atoms with Gasteiger partial charge in [0.15, 0.2) is 0 Å². The maximum Gasteiger partial charge on any atom is 0.216 e. The lowest BCUT2D eigenvalue weighted by Crippen LogP contribution is -2.45. The quantitative estimate of drug-likeness (QED) is 0.787. The summed E-state index contributed by atoms with van der Waals surface area (Å²) in [6, 6.07) is 0. The Morgan fingerprint density at radius 2 is 1.65 bits per heavy atom. The molecule has 2 aliphatic heterocycles. The number of amides is 1. The van der Waals surface area contributed by atoms with Crippen LogP contribution in [0.5, 0.6) is 0 Å². The van der Waals surface area contributed by atoms with E-state index in [4.69, 9.17) is 0 Å². The van der Waals surface area contributed by atoms with E-state index in [-0.39, 0.29) is 5.91 Å². The van der Waals surface area contributed by atoms with Crippen molar-refractivity contribution in [2.24, 2.45) is 11.3 Å². The third-order valence-corrected chi connectivity index (χ3v) is 6.35. The fourth-order valence-electron chi connectivity index (χ4n) is 4.41. The first-order valence-electron chi connectivity index (χ1n) is 9.45. The summed E-state index contributed by atoms with van der Waals surface area (Å²) in [7, 11) is 2.22. The second-order valence-electron chi connectivity index (χ2n) is 8.04. The van der Waals surface area contributed by atoms with E-state index in [1.807, 2.05) is 0 Å². The molecule has 132 valence electrons. The maximum absolute atomic E-state index is 11.0. The number of hydrogen-bond acceptors (Lipinski definition) is 4. The molecule has 3 rings (SSSR count). The van der Waals surface area contributed by atoms with Gasteiger partial charge in [-0.05, 0) is 70.2 Å². The van der Waals surface area contributed by atoms with E-state index >= 15 is 0 Å². The molecule has 1 saturated carbocycles. The highest BCUT2D eigenvalue weighted by atomic mass is 16.1. The Hall–Kier alpha value is -0.650. The molecule has 3 aliphatic rings. The van der Waals surface area contributed by atoms with Gasteiger partial charge >= 0.3 is 0 Å². The van der Waals surface area contributed by atoms with Gasteiger partial charge in [0.05, 0.1) is 0 Å². The number of carbonyl (C=O) groups is 1. The van der Waals surface area contributed by atoms with Crippen LogP contribution in [0.2, 0.25) is 0 Å². The number of likely N-dealkylation sites (tertiary alicyclic amines) is 1. The molecular formula is C18H34N4O. The van der Waals surface area contributed by atoms with Crippen LogP contribution >= 0.6 is 0 Å². The fraction of sp³-hybridized carbons (Fsp3) is 0.944. The van der Waals surface area contributed by atoms with Gasteiger partial charge in [-0.25, -0.2) is 0 Å². The van der Waals surface area contributed by atoms with E-state index in [1.54, 1.807) is 6.92 Å². The van der Waals surface area contributed by atoms with Gasteiger partial charge in [-0.1, -0.05) is 0 Å². The van der Waals surface area contributed by atoms with E-state index in [1.165, 1.54) is 78.0 Å². The van der Waals surface area contributed by atoms with Crippen LogP contribution in [-0.4, -0.2) is 86.6 Å². The molecule has 1 atom stereocenters. The Labute approximate surface area is 141 Å². The Kier molecular flexibility index (Phi) is 5.60. The fourth-order valence-corrected chi connectivity index (χ4v) is 4.41. The summed E-state index contributed by atoms with van der Waals surface area (Å²) in [4.78, 5) is 18.7. The van der Waals surface area contributed by atoms with E-state index in [0.717, 1.165) is 12.5 Å². The Morgan fingerprint density at radius 1 is 1.04 bits per heavy atom. The highest BCUT2D eigenvalue weighted by Crippen LogP contribution is 2.58. The van der Waals surface area contributed by atoms with E-state index < -0.39 is 0 Å².